The lowest BCUT2D eigenvalue weighted by atomic mass is 10.2. The minimum Gasteiger partial charge on any atom is -0.480 e. The Kier molecular flexibility index (Phi) is 7.62. The van der Waals surface area contributed by atoms with Gasteiger partial charge in [-0.1, -0.05) is 26.7 Å². The van der Waals surface area contributed by atoms with E-state index in [1.807, 2.05) is 13.8 Å². The third-order valence-electron chi connectivity index (χ3n) is 3.59. The van der Waals surface area contributed by atoms with Gasteiger partial charge in [-0.05, 0) is 25.2 Å². The number of hydrogen-bond acceptors (Lipinski definition) is 4. The first kappa shape index (κ1) is 18.4. The van der Waals surface area contributed by atoms with Crippen LogP contribution >= 0.6 is 0 Å². The lowest BCUT2D eigenvalue weighted by molar-refractivity contribution is -0.137. The molecule has 1 unspecified atom stereocenters. The van der Waals surface area contributed by atoms with Crippen LogP contribution in [-0.2, 0) is 19.6 Å². The summed E-state index contributed by atoms with van der Waals surface area (Å²) in [6, 6.07) is 0. The Morgan fingerprint density at radius 2 is 2.00 bits per heavy atom. The van der Waals surface area contributed by atoms with Gasteiger partial charge in [0.25, 0.3) is 0 Å². The molecule has 0 aromatic heterocycles. The molecule has 21 heavy (non-hydrogen) atoms. The third-order valence-corrected chi connectivity index (χ3v) is 5.68. The summed E-state index contributed by atoms with van der Waals surface area (Å²) in [4.78, 5) is 10.8. The van der Waals surface area contributed by atoms with E-state index in [0.29, 0.717) is 13.0 Å². The monoisotopic (exact) mass is 321 g/mol. The second-order valence-corrected chi connectivity index (χ2v) is 7.86. The predicted octanol–water partition coefficient (Wildman–Crippen LogP) is 1.71. The highest BCUT2D eigenvalue weighted by Gasteiger charge is 2.26. The lowest BCUT2D eigenvalue weighted by Gasteiger charge is -2.22. The minimum absolute atomic E-state index is 0.0625. The first-order valence-electron chi connectivity index (χ1n) is 7.66. The zero-order chi connectivity index (χ0) is 15.9. The second kappa shape index (κ2) is 8.70. The molecule has 0 aromatic carbocycles. The Morgan fingerprint density at radius 1 is 1.38 bits per heavy atom. The van der Waals surface area contributed by atoms with E-state index < -0.39 is 22.5 Å². The molecule has 0 radical (unpaired) electrons. The van der Waals surface area contributed by atoms with Gasteiger partial charge in [-0.15, -0.1) is 0 Å². The first-order chi connectivity index (χ1) is 9.85. The van der Waals surface area contributed by atoms with Crippen LogP contribution in [-0.4, -0.2) is 55.4 Å². The average Bonchev–Trinajstić information content (AvgIpc) is 2.88. The van der Waals surface area contributed by atoms with Gasteiger partial charge in [0.05, 0.1) is 18.5 Å². The Morgan fingerprint density at radius 3 is 2.52 bits per heavy atom. The molecule has 7 heteroatoms. The molecule has 0 bridgehead atoms. The summed E-state index contributed by atoms with van der Waals surface area (Å²) < 4.78 is 31.3. The predicted molar refractivity (Wildman–Crippen MR) is 80.7 cm³/mol. The van der Waals surface area contributed by atoms with Crippen molar-refractivity contribution in [1.29, 1.82) is 0 Å². The summed E-state index contributed by atoms with van der Waals surface area (Å²) in [6.45, 7) is 3.85. The molecular formula is C14H27NO5S. The van der Waals surface area contributed by atoms with Crippen LogP contribution in [0.5, 0.6) is 0 Å². The Balaban J connectivity index is 2.48. The SMILES string of the molecule is CCCN(CC(=O)O)S(=O)(=O)CC(C)COC1CCCC1. The minimum atomic E-state index is -3.55. The second-order valence-electron chi connectivity index (χ2n) is 5.85. The highest BCUT2D eigenvalue weighted by atomic mass is 32.2. The fourth-order valence-corrected chi connectivity index (χ4v) is 4.38. The number of hydrogen-bond donors (Lipinski definition) is 1. The van der Waals surface area contributed by atoms with Crippen LogP contribution in [0.25, 0.3) is 0 Å². The van der Waals surface area contributed by atoms with Crippen molar-refractivity contribution in [3.8, 4) is 0 Å². The van der Waals surface area contributed by atoms with Crippen LogP contribution in [0.2, 0.25) is 0 Å². The van der Waals surface area contributed by atoms with Gasteiger partial charge in [0.1, 0.15) is 6.54 Å². The van der Waals surface area contributed by atoms with E-state index in [1.54, 1.807) is 0 Å². The topological polar surface area (TPSA) is 83.9 Å². The van der Waals surface area contributed by atoms with Gasteiger partial charge in [-0.25, -0.2) is 8.42 Å². The van der Waals surface area contributed by atoms with Gasteiger partial charge in [-0.3, -0.25) is 4.79 Å². The third kappa shape index (κ3) is 6.76. The number of carbonyl (C=O) groups is 1. The molecule has 0 saturated heterocycles. The molecule has 1 fully saturated rings. The summed E-state index contributed by atoms with van der Waals surface area (Å²) in [7, 11) is -3.55. The Labute approximate surface area is 127 Å². The molecule has 1 rings (SSSR count). The van der Waals surface area contributed by atoms with Crippen LogP contribution in [0.3, 0.4) is 0 Å². The number of sulfonamides is 1. The van der Waals surface area contributed by atoms with Gasteiger partial charge in [-0.2, -0.15) is 4.31 Å². The highest BCUT2D eigenvalue weighted by Crippen LogP contribution is 2.21. The van der Waals surface area contributed by atoms with E-state index in [4.69, 9.17) is 9.84 Å². The Bertz CT molecular complexity index is 417. The van der Waals surface area contributed by atoms with Gasteiger partial charge in [0, 0.05) is 6.54 Å². The molecule has 0 heterocycles. The molecule has 0 spiro atoms. The van der Waals surface area contributed by atoms with E-state index in [2.05, 4.69) is 0 Å². The standard InChI is InChI=1S/C14H27NO5S/c1-3-8-15(9-14(16)17)21(18,19)11-12(2)10-20-13-6-4-5-7-13/h12-13H,3-11H2,1-2H3,(H,16,17). The summed E-state index contributed by atoms with van der Waals surface area (Å²) in [5, 5.41) is 8.82. The fourth-order valence-electron chi connectivity index (χ4n) is 2.59. The molecule has 1 atom stereocenters. The largest absolute Gasteiger partial charge is 0.480 e. The maximum Gasteiger partial charge on any atom is 0.318 e. The van der Waals surface area contributed by atoms with Gasteiger partial charge in [0.2, 0.25) is 10.0 Å². The molecule has 124 valence electrons. The maximum atomic E-state index is 12.3. The average molecular weight is 321 g/mol. The quantitative estimate of drug-likeness (QED) is 0.662. The highest BCUT2D eigenvalue weighted by molar-refractivity contribution is 7.89. The first-order valence-corrected chi connectivity index (χ1v) is 9.27. The molecule has 0 aromatic rings. The van der Waals surface area contributed by atoms with Crippen LogP contribution in [0.15, 0.2) is 0 Å². The van der Waals surface area contributed by atoms with E-state index in [9.17, 15) is 13.2 Å². The molecule has 1 saturated carbocycles. The van der Waals surface area contributed by atoms with Crippen LogP contribution in [0.1, 0.15) is 46.0 Å². The number of ether oxygens (including phenoxy) is 1. The number of rotatable bonds is 10. The number of nitrogens with zero attached hydrogens (tertiary/aromatic N) is 1. The van der Waals surface area contributed by atoms with E-state index in [0.717, 1.165) is 17.1 Å². The zero-order valence-corrected chi connectivity index (χ0v) is 13.8. The number of carboxylic acid groups (broad SMARTS) is 1. The van der Waals surface area contributed by atoms with Crippen molar-refractivity contribution in [3.05, 3.63) is 0 Å². The van der Waals surface area contributed by atoms with Gasteiger partial charge >= 0.3 is 5.97 Å². The van der Waals surface area contributed by atoms with Crippen LogP contribution in [0.4, 0.5) is 0 Å². The molecule has 0 aliphatic heterocycles. The van der Waals surface area contributed by atoms with E-state index in [-0.39, 0.29) is 24.3 Å². The van der Waals surface area contributed by atoms with Crippen molar-refractivity contribution in [1.82, 2.24) is 4.31 Å². The normalized spacial score (nSPS) is 18.2. The molecule has 1 aliphatic carbocycles. The van der Waals surface area contributed by atoms with Crippen molar-refractivity contribution >= 4 is 16.0 Å². The smallest absolute Gasteiger partial charge is 0.318 e. The molecule has 1 N–H and O–H groups in total. The fraction of sp³-hybridized carbons (Fsp3) is 0.929. The maximum absolute atomic E-state index is 12.3. The van der Waals surface area contributed by atoms with Crippen molar-refractivity contribution < 1.29 is 23.1 Å². The number of carboxylic acids is 1. The van der Waals surface area contributed by atoms with Crippen molar-refractivity contribution in [2.75, 3.05) is 25.4 Å². The van der Waals surface area contributed by atoms with Crippen molar-refractivity contribution in [2.45, 2.75) is 52.1 Å². The van der Waals surface area contributed by atoms with E-state index >= 15 is 0 Å². The van der Waals surface area contributed by atoms with Crippen molar-refractivity contribution in [3.63, 3.8) is 0 Å². The molecule has 1 aliphatic rings. The molecular weight excluding hydrogens is 294 g/mol. The van der Waals surface area contributed by atoms with Crippen LogP contribution < -0.4 is 0 Å². The van der Waals surface area contributed by atoms with E-state index in [1.165, 1.54) is 12.8 Å². The van der Waals surface area contributed by atoms with Gasteiger partial charge < -0.3 is 9.84 Å². The summed E-state index contributed by atoms with van der Waals surface area (Å²) in [5.41, 5.74) is 0. The zero-order valence-electron chi connectivity index (χ0n) is 13.0. The molecule has 6 nitrogen and oxygen atoms in total. The molecule has 0 amide bonds. The summed E-state index contributed by atoms with van der Waals surface area (Å²) in [6.07, 6.45) is 5.34. The lowest BCUT2D eigenvalue weighted by Crippen LogP contribution is -2.39. The van der Waals surface area contributed by atoms with Gasteiger partial charge in [0.15, 0.2) is 0 Å². The van der Waals surface area contributed by atoms with Crippen LogP contribution in [0, 0.1) is 5.92 Å². The van der Waals surface area contributed by atoms with Crippen molar-refractivity contribution in [2.24, 2.45) is 5.92 Å². The summed E-state index contributed by atoms with van der Waals surface area (Å²) >= 11 is 0. The summed E-state index contributed by atoms with van der Waals surface area (Å²) in [5.74, 6) is -1.32. The number of aliphatic carboxylic acids is 1. The Hall–Kier alpha value is -0.660.